The lowest BCUT2D eigenvalue weighted by atomic mass is 10.00. The van der Waals surface area contributed by atoms with Crippen molar-refractivity contribution in [2.45, 2.75) is 45.8 Å². The zero-order chi connectivity index (χ0) is 11.4. The molecule has 0 aliphatic rings. The molecule has 0 aromatic carbocycles. The van der Waals surface area contributed by atoms with Crippen molar-refractivity contribution in [3.63, 3.8) is 0 Å². The van der Waals surface area contributed by atoms with Crippen molar-refractivity contribution >= 4 is 15.6 Å². The fraction of sp³-hybridized carbons (Fsp3) is 0.900. The smallest absolute Gasteiger partial charge is 0.152 e. The molecule has 0 aromatic heterocycles. The number of rotatable bonds is 6. The Morgan fingerprint density at radius 2 is 1.79 bits per heavy atom. The maximum absolute atomic E-state index is 11.5. The molecule has 0 bridgehead atoms. The SMILES string of the molecule is CCC(CCS(=O)(=O)C(C)C)C(C)=O. The Morgan fingerprint density at radius 1 is 1.29 bits per heavy atom. The normalized spacial score (nSPS) is 14.4. The molecule has 0 fully saturated rings. The predicted octanol–water partition coefficient (Wildman–Crippen LogP) is 1.81. The molecule has 0 saturated heterocycles. The van der Waals surface area contributed by atoms with E-state index in [1.807, 2.05) is 6.92 Å². The molecule has 84 valence electrons. The van der Waals surface area contributed by atoms with Gasteiger partial charge in [0.25, 0.3) is 0 Å². The van der Waals surface area contributed by atoms with Gasteiger partial charge in [0.1, 0.15) is 5.78 Å². The van der Waals surface area contributed by atoms with Crippen LogP contribution in [0.3, 0.4) is 0 Å². The molecule has 0 spiro atoms. The molecule has 14 heavy (non-hydrogen) atoms. The van der Waals surface area contributed by atoms with Gasteiger partial charge in [-0.15, -0.1) is 0 Å². The minimum atomic E-state index is -2.99. The molecular weight excluding hydrogens is 200 g/mol. The van der Waals surface area contributed by atoms with Crippen LogP contribution in [0.25, 0.3) is 0 Å². The second kappa shape index (κ2) is 5.49. The van der Waals surface area contributed by atoms with Gasteiger partial charge in [0.2, 0.25) is 0 Å². The van der Waals surface area contributed by atoms with E-state index in [2.05, 4.69) is 0 Å². The molecule has 0 aliphatic heterocycles. The minimum Gasteiger partial charge on any atom is -0.300 e. The first-order chi connectivity index (χ1) is 6.31. The van der Waals surface area contributed by atoms with Crippen LogP contribution in [0.2, 0.25) is 0 Å². The summed E-state index contributed by atoms with van der Waals surface area (Å²) in [6.45, 7) is 6.78. The van der Waals surface area contributed by atoms with Gasteiger partial charge in [0, 0.05) is 5.92 Å². The second-order valence-electron chi connectivity index (χ2n) is 3.92. The molecule has 0 aliphatic carbocycles. The average molecular weight is 220 g/mol. The lowest BCUT2D eigenvalue weighted by Gasteiger charge is -2.12. The Labute approximate surface area is 86.8 Å². The van der Waals surface area contributed by atoms with Gasteiger partial charge in [-0.2, -0.15) is 0 Å². The zero-order valence-electron chi connectivity index (χ0n) is 9.41. The lowest BCUT2D eigenvalue weighted by molar-refractivity contribution is -0.120. The summed E-state index contributed by atoms with van der Waals surface area (Å²) in [6.07, 6.45) is 1.19. The highest BCUT2D eigenvalue weighted by molar-refractivity contribution is 7.91. The first-order valence-electron chi connectivity index (χ1n) is 5.03. The third-order valence-corrected chi connectivity index (χ3v) is 4.78. The number of hydrogen-bond acceptors (Lipinski definition) is 3. The van der Waals surface area contributed by atoms with Gasteiger partial charge in [0.15, 0.2) is 9.84 Å². The lowest BCUT2D eigenvalue weighted by Crippen LogP contribution is -2.21. The van der Waals surface area contributed by atoms with Gasteiger partial charge < -0.3 is 0 Å². The summed E-state index contributed by atoms with van der Waals surface area (Å²) in [5.41, 5.74) is 0. The van der Waals surface area contributed by atoms with E-state index in [0.717, 1.165) is 6.42 Å². The number of ketones is 1. The first-order valence-corrected chi connectivity index (χ1v) is 6.74. The van der Waals surface area contributed by atoms with Crippen LogP contribution in [-0.2, 0) is 14.6 Å². The summed E-state index contributed by atoms with van der Waals surface area (Å²) in [4.78, 5) is 11.1. The van der Waals surface area contributed by atoms with Gasteiger partial charge in [-0.1, -0.05) is 6.92 Å². The molecule has 3 nitrogen and oxygen atoms in total. The van der Waals surface area contributed by atoms with Crippen LogP contribution in [0.15, 0.2) is 0 Å². The molecule has 0 N–H and O–H groups in total. The van der Waals surface area contributed by atoms with Gasteiger partial charge in [0.05, 0.1) is 11.0 Å². The monoisotopic (exact) mass is 220 g/mol. The summed E-state index contributed by atoms with van der Waals surface area (Å²) >= 11 is 0. The summed E-state index contributed by atoms with van der Waals surface area (Å²) in [6, 6.07) is 0. The molecule has 1 atom stereocenters. The number of sulfone groups is 1. The summed E-state index contributed by atoms with van der Waals surface area (Å²) in [7, 11) is -2.99. The van der Waals surface area contributed by atoms with Gasteiger partial charge >= 0.3 is 0 Å². The van der Waals surface area contributed by atoms with Crippen molar-refractivity contribution in [2.24, 2.45) is 5.92 Å². The van der Waals surface area contributed by atoms with E-state index in [0.29, 0.717) is 6.42 Å². The van der Waals surface area contributed by atoms with Crippen LogP contribution < -0.4 is 0 Å². The topological polar surface area (TPSA) is 51.2 Å². The van der Waals surface area contributed by atoms with E-state index < -0.39 is 9.84 Å². The Hall–Kier alpha value is -0.380. The van der Waals surface area contributed by atoms with E-state index >= 15 is 0 Å². The zero-order valence-corrected chi connectivity index (χ0v) is 10.2. The number of hydrogen-bond donors (Lipinski definition) is 0. The van der Waals surface area contributed by atoms with E-state index in [4.69, 9.17) is 0 Å². The molecule has 0 saturated carbocycles. The number of Topliss-reactive ketones (excluding diaryl/α,β-unsaturated/α-hetero) is 1. The highest BCUT2D eigenvalue weighted by Crippen LogP contribution is 2.13. The van der Waals surface area contributed by atoms with Gasteiger partial charge in [-0.05, 0) is 33.6 Å². The second-order valence-corrected chi connectivity index (χ2v) is 6.60. The Kier molecular flexibility index (Phi) is 5.34. The maximum Gasteiger partial charge on any atom is 0.152 e. The van der Waals surface area contributed by atoms with Gasteiger partial charge in [-0.3, -0.25) is 4.79 Å². The fourth-order valence-electron chi connectivity index (χ4n) is 1.24. The summed E-state index contributed by atoms with van der Waals surface area (Å²) in [5.74, 6) is 0.123. The molecule has 4 heteroatoms. The molecule has 0 radical (unpaired) electrons. The van der Waals surface area contributed by atoms with Crippen molar-refractivity contribution in [3.8, 4) is 0 Å². The fourth-order valence-corrected chi connectivity index (χ4v) is 2.32. The quantitative estimate of drug-likeness (QED) is 0.686. The van der Waals surface area contributed by atoms with Crippen molar-refractivity contribution in [1.82, 2.24) is 0 Å². The molecule has 0 rings (SSSR count). The third-order valence-electron chi connectivity index (χ3n) is 2.54. The Morgan fingerprint density at radius 3 is 2.07 bits per heavy atom. The highest BCUT2D eigenvalue weighted by atomic mass is 32.2. The summed E-state index contributed by atoms with van der Waals surface area (Å²) < 4.78 is 22.9. The average Bonchev–Trinajstić information content (AvgIpc) is 2.04. The standard InChI is InChI=1S/C10H20O3S/c1-5-10(9(4)11)6-7-14(12,13)8(2)3/h8,10H,5-7H2,1-4H3. The number of carbonyl (C=O) groups is 1. The summed E-state index contributed by atoms with van der Waals surface area (Å²) in [5, 5.41) is -0.341. The van der Waals surface area contributed by atoms with Crippen molar-refractivity contribution in [1.29, 1.82) is 0 Å². The van der Waals surface area contributed by atoms with Crippen LogP contribution >= 0.6 is 0 Å². The van der Waals surface area contributed by atoms with Crippen molar-refractivity contribution in [2.75, 3.05) is 5.75 Å². The molecule has 0 amide bonds. The van der Waals surface area contributed by atoms with E-state index in [-0.39, 0.29) is 22.7 Å². The Bertz CT molecular complexity index is 278. The van der Waals surface area contributed by atoms with Crippen molar-refractivity contribution < 1.29 is 13.2 Å². The predicted molar refractivity (Wildman–Crippen MR) is 58.0 cm³/mol. The molecule has 0 aromatic rings. The van der Waals surface area contributed by atoms with Crippen molar-refractivity contribution in [3.05, 3.63) is 0 Å². The molecular formula is C10H20O3S. The third kappa shape index (κ3) is 4.22. The molecule has 0 heterocycles. The van der Waals surface area contributed by atoms with E-state index in [1.165, 1.54) is 6.92 Å². The first kappa shape index (κ1) is 13.6. The van der Waals surface area contributed by atoms with Crippen LogP contribution in [-0.4, -0.2) is 25.2 Å². The highest BCUT2D eigenvalue weighted by Gasteiger charge is 2.20. The van der Waals surface area contributed by atoms with E-state index in [9.17, 15) is 13.2 Å². The molecule has 1 unspecified atom stereocenters. The van der Waals surface area contributed by atoms with Crippen LogP contribution in [0.4, 0.5) is 0 Å². The minimum absolute atomic E-state index is 0.0893. The van der Waals surface area contributed by atoms with E-state index in [1.54, 1.807) is 13.8 Å². The van der Waals surface area contributed by atoms with Gasteiger partial charge in [-0.25, -0.2) is 8.42 Å². The Balaban J connectivity index is 4.24. The number of carbonyl (C=O) groups excluding carboxylic acids is 1. The largest absolute Gasteiger partial charge is 0.300 e. The van der Waals surface area contributed by atoms with Crippen LogP contribution in [0, 0.1) is 5.92 Å². The van der Waals surface area contributed by atoms with Crippen LogP contribution in [0.1, 0.15) is 40.5 Å². The van der Waals surface area contributed by atoms with Crippen LogP contribution in [0.5, 0.6) is 0 Å². The maximum atomic E-state index is 11.5.